The molecule has 1 heterocycles. The van der Waals surface area contributed by atoms with Crippen LogP contribution in [0.2, 0.25) is 0 Å². The topological polar surface area (TPSA) is 33.7 Å². The minimum Gasteiger partial charge on any atom is -0.454 e. The molecule has 0 radical (unpaired) electrons. The Morgan fingerprint density at radius 3 is 2.88 bits per heavy atom. The van der Waals surface area contributed by atoms with E-state index in [0.717, 1.165) is 42.7 Å². The van der Waals surface area contributed by atoms with Gasteiger partial charge in [-0.15, -0.1) is 0 Å². The number of allylic oxidation sites excluding steroid dienone is 2. The van der Waals surface area contributed by atoms with Crippen molar-refractivity contribution in [2.24, 2.45) is 11.8 Å². The molecule has 1 aromatic carbocycles. The third-order valence-electron chi connectivity index (χ3n) is 4.62. The van der Waals surface area contributed by atoms with Crippen LogP contribution in [-0.2, 0) is 6.54 Å². The van der Waals surface area contributed by atoms with Gasteiger partial charge in [0.25, 0.3) is 0 Å². The van der Waals surface area contributed by atoms with Gasteiger partial charge in [0.15, 0.2) is 16.6 Å². The standard InChI is InChI=1S/C20H28N2O2S/c1-15(2)11-21-20(25)22(12-16-6-4-3-5-7-16)13-17-8-9-18-19(10-17)24-14-23-18/h3-4,8-10,15-16H,5-7,11-14H2,1-2H3,(H,21,25)/t16-/m1/s1. The summed E-state index contributed by atoms with van der Waals surface area (Å²) in [4.78, 5) is 2.30. The second-order valence-electron chi connectivity index (χ2n) is 7.30. The van der Waals surface area contributed by atoms with Gasteiger partial charge in [0.2, 0.25) is 6.79 Å². The molecule has 0 fully saturated rings. The molecule has 0 saturated heterocycles. The molecule has 25 heavy (non-hydrogen) atoms. The van der Waals surface area contributed by atoms with Crippen LogP contribution in [0.5, 0.6) is 11.5 Å². The van der Waals surface area contributed by atoms with Gasteiger partial charge in [0.1, 0.15) is 0 Å². The first-order valence-electron chi connectivity index (χ1n) is 9.18. The van der Waals surface area contributed by atoms with Crippen LogP contribution in [0.4, 0.5) is 0 Å². The first kappa shape index (κ1) is 18.1. The highest BCUT2D eigenvalue weighted by molar-refractivity contribution is 7.80. The van der Waals surface area contributed by atoms with Crippen LogP contribution in [0.1, 0.15) is 38.7 Å². The number of nitrogens with zero attached hydrogens (tertiary/aromatic N) is 1. The fourth-order valence-corrected chi connectivity index (χ4v) is 3.44. The van der Waals surface area contributed by atoms with E-state index >= 15 is 0 Å². The van der Waals surface area contributed by atoms with Crippen molar-refractivity contribution >= 4 is 17.3 Å². The Bertz CT molecular complexity index is 630. The van der Waals surface area contributed by atoms with E-state index in [1.165, 1.54) is 18.4 Å². The second-order valence-corrected chi connectivity index (χ2v) is 7.69. The molecule has 0 spiro atoms. The van der Waals surface area contributed by atoms with E-state index in [2.05, 4.69) is 48.3 Å². The lowest BCUT2D eigenvalue weighted by Crippen LogP contribution is -2.43. The number of hydrogen-bond donors (Lipinski definition) is 1. The van der Waals surface area contributed by atoms with E-state index < -0.39 is 0 Å². The Morgan fingerprint density at radius 2 is 2.12 bits per heavy atom. The summed E-state index contributed by atoms with van der Waals surface area (Å²) >= 11 is 5.70. The Kier molecular flexibility index (Phi) is 6.19. The summed E-state index contributed by atoms with van der Waals surface area (Å²) < 4.78 is 10.9. The zero-order valence-corrected chi connectivity index (χ0v) is 16.0. The van der Waals surface area contributed by atoms with Crippen molar-refractivity contribution in [3.63, 3.8) is 0 Å². The van der Waals surface area contributed by atoms with E-state index in [0.29, 0.717) is 18.6 Å². The third-order valence-corrected chi connectivity index (χ3v) is 5.02. The van der Waals surface area contributed by atoms with Gasteiger partial charge in [-0.05, 0) is 61.0 Å². The molecule has 4 nitrogen and oxygen atoms in total. The molecular formula is C20H28N2O2S. The van der Waals surface area contributed by atoms with E-state index in [4.69, 9.17) is 21.7 Å². The molecule has 3 rings (SSSR count). The predicted molar refractivity (Wildman–Crippen MR) is 105 cm³/mol. The van der Waals surface area contributed by atoms with Gasteiger partial charge in [-0.3, -0.25) is 0 Å². The van der Waals surface area contributed by atoms with Crippen LogP contribution >= 0.6 is 12.2 Å². The van der Waals surface area contributed by atoms with Crippen molar-refractivity contribution in [1.82, 2.24) is 10.2 Å². The highest BCUT2D eigenvalue weighted by atomic mass is 32.1. The Hall–Kier alpha value is -1.75. The van der Waals surface area contributed by atoms with Gasteiger partial charge in [-0.25, -0.2) is 0 Å². The summed E-state index contributed by atoms with van der Waals surface area (Å²) in [5.74, 6) is 2.90. The average molecular weight is 361 g/mol. The molecule has 1 atom stereocenters. The maximum atomic E-state index is 5.70. The zero-order chi connectivity index (χ0) is 17.6. The highest BCUT2D eigenvalue weighted by Gasteiger charge is 2.19. The van der Waals surface area contributed by atoms with Crippen LogP contribution in [-0.4, -0.2) is 29.9 Å². The van der Waals surface area contributed by atoms with E-state index in [1.54, 1.807) is 0 Å². The van der Waals surface area contributed by atoms with Crippen LogP contribution < -0.4 is 14.8 Å². The molecular weight excluding hydrogens is 332 g/mol. The lowest BCUT2D eigenvalue weighted by atomic mass is 9.94. The summed E-state index contributed by atoms with van der Waals surface area (Å²) in [5, 5.41) is 4.28. The van der Waals surface area contributed by atoms with Crippen molar-refractivity contribution in [3.05, 3.63) is 35.9 Å². The first-order chi connectivity index (χ1) is 12.1. The van der Waals surface area contributed by atoms with Crippen LogP contribution in [0.15, 0.2) is 30.4 Å². The highest BCUT2D eigenvalue weighted by Crippen LogP contribution is 2.33. The Morgan fingerprint density at radius 1 is 1.28 bits per heavy atom. The van der Waals surface area contributed by atoms with Crippen molar-refractivity contribution < 1.29 is 9.47 Å². The minimum absolute atomic E-state index is 0.311. The van der Waals surface area contributed by atoms with Crippen molar-refractivity contribution in [2.75, 3.05) is 19.9 Å². The molecule has 2 aliphatic rings. The summed E-state index contributed by atoms with van der Waals surface area (Å²) in [6.07, 6.45) is 8.14. The van der Waals surface area contributed by atoms with Crippen molar-refractivity contribution in [1.29, 1.82) is 0 Å². The Balaban J connectivity index is 1.68. The number of fused-ring (bicyclic) bond motifs is 1. The molecule has 0 saturated carbocycles. The molecule has 0 aromatic heterocycles. The lowest BCUT2D eigenvalue weighted by Gasteiger charge is -2.31. The maximum Gasteiger partial charge on any atom is 0.231 e. The average Bonchev–Trinajstić information content (AvgIpc) is 3.07. The fourth-order valence-electron chi connectivity index (χ4n) is 3.22. The van der Waals surface area contributed by atoms with Gasteiger partial charge < -0.3 is 19.7 Å². The lowest BCUT2D eigenvalue weighted by molar-refractivity contribution is 0.174. The minimum atomic E-state index is 0.311. The van der Waals surface area contributed by atoms with E-state index in [9.17, 15) is 0 Å². The van der Waals surface area contributed by atoms with Gasteiger partial charge in [0, 0.05) is 19.6 Å². The SMILES string of the molecule is CC(C)CNC(=S)N(Cc1ccc2c(c1)OCO2)C[C@@H]1CC=CCC1. The number of thiocarbonyl (C=S) groups is 1. The smallest absolute Gasteiger partial charge is 0.231 e. The fraction of sp³-hybridized carbons (Fsp3) is 0.550. The van der Waals surface area contributed by atoms with Crippen molar-refractivity contribution in [2.45, 2.75) is 39.7 Å². The molecule has 0 amide bonds. The molecule has 1 N–H and O–H groups in total. The van der Waals surface area contributed by atoms with Gasteiger partial charge >= 0.3 is 0 Å². The quantitative estimate of drug-likeness (QED) is 0.610. The number of nitrogens with one attached hydrogen (secondary N) is 1. The normalized spacial score (nSPS) is 18.4. The summed E-state index contributed by atoms with van der Waals surface area (Å²) in [6.45, 7) is 7.39. The molecule has 1 aromatic rings. The maximum absolute atomic E-state index is 5.70. The molecule has 5 heteroatoms. The monoisotopic (exact) mass is 360 g/mol. The van der Waals surface area contributed by atoms with Crippen LogP contribution in [0, 0.1) is 11.8 Å². The molecule has 136 valence electrons. The number of benzene rings is 1. The van der Waals surface area contributed by atoms with Crippen molar-refractivity contribution in [3.8, 4) is 11.5 Å². The van der Waals surface area contributed by atoms with Gasteiger partial charge in [-0.2, -0.15) is 0 Å². The number of rotatable bonds is 6. The molecule has 1 aliphatic heterocycles. The molecule has 0 unspecified atom stereocenters. The number of hydrogen-bond acceptors (Lipinski definition) is 3. The van der Waals surface area contributed by atoms with Gasteiger partial charge in [0.05, 0.1) is 0 Å². The van der Waals surface area contributed by atoms with Crippen LogP contribution in [0.3, 0.4) is 0 Å². The summed E-state index contributed by atoms with van der Waals surface area (Å²) in [7, 11) is 0. The largest absolute Gasteiger partial charge is 0.454 e. The summed E-state index contributed by atoms with van der Waals surface area (Å²) in [6, 6.07) is 6.16. The Labute approximate surface area is 156 Å². The molecule has 0 bridgehead atoms. The van der Waals surface area contributed by atoms with E-state index in [1.807, 2.05) is 6.07 Å². The predicted octanol–water partition coefficient (Wildman–Crippen LogP) is 4.10. The third kappa shape index (κ3) is 5.11. The van der Waals surface area contributed by atoms with E-state index in [-0.39, 0.29) is 0 Å². The first-order valence-corrected chi connectivity index (χ1v) is 9.59. The zero-order valence-electron chi connectivity index (χ0n) is 15.2. The van der Waals surface area contributed by atoms with Gasteiger partial charge in [-0.1, -0.05) is 32.1 Å². The second kappa shape index (κ2) is 8.56. The molecule has 1 aliphatic carbocycles. The van der Waals surface area contributed by atoms with Crippen LogP contribution in [0.25, 0.3) is 0 Å². The number of ether oxygens (including phenoxy) is 2. The summed E-state index contributed by atoms with van der Waals surface area (Å²) in [5.41, 5.74) is 1.20.